The Bertz CT molecular complexity index is 692. The van der Waals surface area contributed by atoms with E-state index < -0.39 is 0 Å². The maximum Gasteiger partial charge on any atom is 0.238 e. The number of fused-ring (bicyclic) bond motifs is 1. The summed E-state index contributed by atoms with van der Waals surface area (Å²) in [5.74, 6) is 0.621. The summed E-state index contributed by atoms with van der Waals surface area (Å²) >= 11 is 0. The third-order valence-corrected chi connectivity index (χ3v) is 3.18. The molecule has 0 unspecified atom stereocenters. The van der Waals surface area contributed by atoms with Gasteiger partial charge in [-0.15, -0.1) is 0 Å². The van der Waals surface area contributed by atoms with Gasteiger partial charge in [-0.25, -0.2) is 4.98 Å². The molecule has 0 saturated heterocycles. The van der Waals surface area contributed by atoms with Gasteiger partial charge < -0.3 is 14.0 Å². The van der Waals surface area contributed by atoms with Crippen LogP contribution >= 0.6 is 0 Å². The normalized spacial score (nSPS) is 10.8. The molecule has 1 aromatic carbocycles. The maximum atomic E-state index is 5.75. The molecule has 102 valence electrons. The smallest absolute Gasteiger partial charge is 0.238 e. The van der Waals surface area contributed by atoms with Crippen LogP contribution in [0.1, 0.15) is 5.56 Å². The van der Waals surface area contributed by atoms with E-state index in [9.17, 15) is 0 Å². The van der Waals surface area contributed by atoms with Gasteiger partial charge in [0, 0.05) is 17.8 Å². The topological polar surface area (TPSA) is 36.3 Å². The summed E-state index contributed by atoms with van der Waals surface area (Å²) in [6.07, 6.45) is 3.73. The van der Waals surface area contributed by atoms with Crippen LogP contribution in [0, 0.1) is 0 Å². The molecule has 0 aliphatic rings. The summed E-state index contributed by atoms with van der Waals surface area (Å²) in [5.41, 5.74) is 2.12. The van der Waals surface area contributed by atoms with Gasteiger partial charge in [-0.2, -0.15) is 0 Å². The van der Waals surface area contributed by atoms with Crippen LogP contribution < -0.4 is 4.74 Å². The van der Waals surface area contributed by atoms with Crippen LogP contribution in [-0.4, -0.2) is 16.7 Å². The lowest BCUT2D eigenvalue weighted by Crippen LogP contribution is -2.03. The van der Waals surface area contributed by atoms with Crippen LogP contribution in [0.2, 0.25) is 0 Å². The van der Waals surface area contributed by atoms with Crippen LogP contribution in [0.5, 0.6) is 5.88 Å². The van der Waals surface area contributed by atoms with Crippen molar-refractivity contribution in [3.63, 3.8) is 0 Å². The number of benzene rings is 1. The molecule has 2 heterocycles. The number of pyridine rings is 1. The number of methoxy groups -OCH3 is 1. The van der Waals surface area contributed by atoms with Gasteiger partial charge in [-0.1, -0.05) is 30.3 Å². The zero-order valence-electron chi connectivity index (χ0n) is 11.3. The van der Waals surface area contributed by atoms with E-state index in [2.05, 4.69) is 17.1 Å². The summed E-state index contributed by atoms with van der Waals surface area (Å²) in [6.45, 7) is 1.06. The van der Waals surface area contributed by atoms with Gasteiger partial charge in [0.15, 0.2) is 0 Å². The molecule has 2 aromatic heterocycles. The molecule has 0 aliphatic carbocycles. The van der Waals surface area contributed by atoms with Gasteiger partial charge in [0.05, 0.1) is 13.7 Å². The standard InChI is InChI=1S/C16H16N2O2/c1-19-16-15-14(7-9-17-16)8-10-18(15)12-20-11-13-5-3-2-4-6-13/h2-10H,11-12H2,1H3. The number of ether oxygens (including phenoxy) is 2. The van der Waals surface area contributed by atoms with E-state index in [-0.39, 0.29) is 0 Å². The van der Waals surface area contributed by atoms with Crippen LogP contribution in [0.4, 0.5) is 0 Å². The molecular formula is C16H16N2O2. The van der Waals surface area contributed by atoms with Crippen molar-refractivity contribution in [2.75, 3.05) is 7.11 Å². The summed E-state index contributed by atoms with van der Waals surface area (Å²) in [7, 11) is 1.63. The molecular weight excluding hydrogens is 252 g/mol. The Morgan fingerprint density at radius 1 is 1.10 bits per heavy atom. The number of hydrogen-bond donors (Lipinski definition) is 0. The lowest BCUT2D eigenvalue weighted by molar-refractivity contribution is 0.0665. The highest BCUT2D eigenvalue weighted by Crippen LogP contribution is 2.23. The first-order valence-corrected chi connectivity index (χ1v) is 6.48. The van der Waals surface area contributed by atoms with Crippen molar-refractivity contribution in [2.24, 2.45) is 0 Å². The van der Waals surface area contributed by atoms with E-state index in [0.717, 1.165) is 16.5 Å². The van der Waals surface area contributed by atoms with Gasteiger partial charge in [0.25, 0.3) is 0 Å². The minimum atomic E-state index is 0.473. The van der Waals surface area contributed by atoms with Crippen molar-refractivity contribution in [3.05, 3.63) is 60.4 Å². The highest BCUT2D eigenvalue weighted by Gasteiger charge is 2.08. The van der Waals surface area contributed by atoms with Crippen LogP contribution in [0.25, 0.3) is 10.9 Å². The molecule has 0 radical (unpaired) electrons. The molecule has 0 bridgehead atoms. The van der Waals surface area contributed by atoms with E-state index in [1.54, 1.807) is 13.3 Å². The molecule has 20 heavy (non-hydrogen) atoms. The predicted octanol–water partition coefficient (Wildman–Crippen LogP) is 3.22. The number of nitrogens with zero attached hydrogens (tertiary/aromatic N) is 2. The summed E-state index contributed by atoms with van der Waals surface area (Å²) in [5, 5.41) is 1.10. The fourth-order valence-electron chi connectivity index (χ4n) is 2.21. The quantitative estimate of drug-likeness (QED) is 0.713. The molecule has 4 nitrogen and oxygen atoms in total. The third-order valence-electron chi connectivity index (χ3n) is 3.18. The van der Waals surface area contributed by atoms with Gasteiger partial charge in [-0.05, 0) is 17.7 Å². The summed E-state index contributed by atoms with van der Waals surface area (Å²) in [4.78, 5) is 4.23. The van der Waals surface area contributed by atoms with Gasteiger partial charge in [0.1, 0.15) is 12.2 Å². The second-order valence-electron chi connectivity index (χ2n) is 4.51. The number of hydrogen-bond acceptors (Lipinski definition) is 3. The van der Waals surface area contributed by atoms with E-state index >= 15 is 0 Å². The van der Waals surface area contributed by atoms with Crippen LogP contribution in [-0.2, 0) is 18.1 Å². The van der Waals surface area contributed by atoms with Crippen molar-refractivity contribution in [1.29, 1.82) is 0 Å². The van der Waals surface area contributed by atoms with Crippen molar-refractivity contribution in [3.8, 4) is 5.88 Å². The number of aromatic nitrogens is 2. The Kier molecular flexibility index (Phi) is 3.65. The lowest BCUT2D eigenvalue weighted by atomic mass is 10.2. The zero-order chi connectivity index (χ0) is 13.8. The van der Waals surface area contributed by atoms with Crippen molar-refractivity contribution in [2.45, 2.75) is 13.3 Å². The van der Waals surface area contributed by atoms with E-state index in [0.29, 0.717) is 19.2 Å². The van der Waals surface area contributed by atoms with E-state index in [1.165, 1.54) is 0 Å². The summed E-state index contributed by atoms with van der Waals surface area (Å²) < 4.78 is 13.1. The average Bonchev–Trinajstić information content (AvgIpc) is 2.92. The highest BCUT2D eigenvalue weighted by atomic mass is 16.5. The molecule has 0 N–H and O–H groups in total. The first-order chi connectivity index (χ1) is 9.88. The Balaban J connectivity index is 1.75. The van der Waals surface area contributed by atoms with E-state index in [1.807, 2.05) is 41.1 Å². The van der Waals surface area contributed by atoms with Crippen molar-refractivity contribution >= 4 is 10.9 Å². The highest BCUT2D eigenvalue weighted by molar-refractivity contribution is 5.84. The van der Waals surface area contributed by atoms with Crippen molar-refractivity contribution < 1.29 is 9.47 Å². The predicted molar refractivity (Wildman–Crippen MR) is 77.5 cm³/mol. The Morgan fingerprint density at radius 2 is 1.95 bits per heavy atom. The second-order valence-corrected chi connectivity index (χ2v) is 4.51. The SMILES string of the molecule is COc1nccc2ccn(COCc3ccccc3)c12. The molecule has 0 fully saturated rings. The Labute approximate surface area is 117 Å². The van der Waals surface area contributed by atoms with E-state index in [4.69, 9.17) is 9.47 Å². The lowest BCUT2D eigenvalue weighted by Gasteiger charge is -2.09. The molecule has 4 heteroatoms. The fourth-order valence-corrected chi connectivity index (χ4v) is 2.21. The number of rotatable bonds is 5. The van der Waals surface area contributed by atoms with Crippen LogP contribution in [0.15, 0.2) is 54.9 Å². The maximum absolute atomic E-state index is 5.75. The fraction of sp³-hybridized carbons (Fsp3) is 0.188. The van der Waals surface area contributed by atoms with Gasteiger partial charge in [0.2, 0.25) is 5.88 Å². The first kappa shape index (κ1) is 12.7. The largest absolute Gasteiger partial charge is 0.479 e. The molecule has 0 aliphatic heterocycles. The molecule has 0 saturated carbocycles. The molecule has 0 spiro atoms. The molecule has 0 amide bonds. The molecule has 3 rings (SSSR count). The van der Waals surface area contributed by atoms with Gasteiger partial charge in [-0.3, -0.25) is 0 Å². The Hall–Kier alpha value is -2.33. The van der Waals surface area contributed by atoms with Crippen molar-refractivity contribution in [1.82, 2.24) is 9.55 Å². The van der Waals surface area contributed by atoms with Gasteiger partial charge >= 0.3 is 0 Å². The zero-order valence-corrected chi connectivity index (χ0v) is 11.3. The second kappa shape index (κ2) is 5.75. The first-order valence-electron chi connectivity index (χ1n) is 6.48. The van der Waals surface area contributed by atoms with Crippen LogP contribution in [0.3, 0.4) is 0 Å². The average molecular weight is 268 g/mol. The monoisotopic (exact) mass is 268 g/mol. The third kappa shape index (κ3) is 2.51. The minimum absolute atomic E-state index is 0.473. The Morgan fingerprint density at radius 3 is 2.75 bits per heavy atom. The molecule has 3 aromatic rings. The molecule has 0 atom stereocenters. The minimum Gasteiger partial charge on any atom is -0.479 e. The summed E-state index contributed by atoms with van der Waals surface area (Å²) in [6, 6.07) is 14.1.